The summed E-state index contributed by atoms with van der Waals surface area (Å²) in [6.45, 7) is 4.56. The second kappa shape index (κ2) is 12.4. The minimum absolute atomic E-state index is 0. The van der Waals surface area contributed by atoms with E-state index in [1.54, 1.807) is 0 Å². The van der Waals surface area contributed by atoms with E-state index in [4.69, 9.17) is 4.74 Å². The van der Waals surface area contributed by atoms with Gasteiger partial charge in [-0.1, -0.05) is 84.9 Å². The average Bonchev–Trinajstić information content (AvgIpc) is 3.10. The van der Waals surface area contributed by atoms with Gasteiger partial charge in [-0.15, -0.1) is 0 Å². The number of hydrogen-bond acceptors (Lipinski definition) is 1. The Morgan fingerprint density at radius 1 is 0.789 bits per heavy atom. The molecule has 5 rings (SSSR count). The second-order valence-electron chi connectivity index (χ2n) is 9.20. The number of allylic oxidation sites excluding steroid dienone is 6. The van der Waals surface area contributed by atoms with E-state index in [2.05, 4.69) is 117 Å². The van der Waals surface area contributed by atoms with Crippen LogP contribution in [-0.4, -0.2) is 24.9 Å². The molecule has 3 aromatic rings. The highest BCUT2D eigenvalue weighted by Crippen LogP contribution is 2.39. The molecule has 0 atom stereocenters. The van der Waals surface area contributed by atoms with Crippen LogP contribution in [0.5, 0.6) is 0 Å². The van der Waals surface area contributed by atoms with Gasteiger partial charge in [-0.3, -0.25) is 12.9 Å². The molecule has 0 radical (unpaired) electrons. The molecule has 3 aromatic carbocycles. The van der Waals surface area contributed by atoms with E-state index in [1.165, 1.54) is 22.5 Å². The van der Waals surface area contributed by atoms with Crippen molar-refractivity contribution in [2.75, 3.05) is 7.05 Å². The van der Waals surface area contributed by atoms with E-state index >= 15 is 0 Å². The number of para-hydroxylation sites is 1. The Labute approximate surface area is 221 Å². The van der Waals surface area contributed by atoms with E-state index in [0.717, 1.165) is 22.7 Å². The van der Waals surface area contributed by atoms with E-state index in [1.807, 2.05) is 24.3 Å². The Morgan fingerprint density at radius 3 is 1.95 bits per heavy atom. The number of hydrogen-bond donors (Lipinski definition) is 0. The van der Waals surface area contributed by atoms with Crippen LogP contribution in [0.2, 0.25) is 0 Å². The van der Waals surface area contributed by atoms with Crippen molar-refractivity contribution in [3.8, 4) is 0 Å². The molecule has 2 heterocycles. The lowest BCUT2D eigenvalue weighted by Gasteiger charge is -2.18. The van der Waals surface area contributed by atoms with Crippen molar-refractivity contribution in [3.05, 3.63) is 138 Å². The van der Waals surface area contributed by atoms with Crippen LogP contribution in [0.1, 0.15) is 30.5 Å². The van der Waals surface area contributed by atoms with Crippen molar-refractivity contribution in [3.63, 3.8) is 0 Å². The third-order valence-corrected chi connectivity index (χ3v) is 6.43. The van der Waals surface area contributed by atoms with Gasteiger partial charge in [-0.25, -0.2) is 0 Å². The van der Waals surface area contributed by atoms with E-state index < -0.39 is 7.54 Å². The van der Waals surface area contributed by atoms with E-state index in [-0.39, 0.29) is 10.1 Å². The SMILES string of the molecule is C[N+]1=C(C=CC=C2C=C(c3ccccc3)C=C(c3ccccc3)O2)C(C)(C)c2ccccc21.FB(F)F.[F-]. The van der Waals surface area contributed by atoms with Crippen molar-refractivity contribution in [2.24, 2.45) is 0 Å². The van der Waals surface area contributed by atoms with E-state index in [0.29, 0.717) is 0 Å². The molecule has 0 fully saturated rings. The molecule has 38 heavy (non-hydrogen) atoms. The summed E-state index contributed by atoms with van der Waals surface area (Å²) in [7, 11) is -1.53. The first-order valence-electron chi connectivity index (χ1n) is 12.0. The first-order chi connectivity index (χ1) is 17.8. The van der Waals surface area contributed by atoms with Gasteiger partial charge in [0.2, 0.25) is 5.69 Å². The maximum atomic E-state index is 9.67. The normalized spacial score (nSPS) is 16.5. The quantitative estimate of drug-likeness (QED) is 0.264. The summed E-state index contributed by atoms with van der Waals surface area (Å²) >= 11 is 0. The highest BCUT2D eigenvalue weighted by molar-refractivity contribution is 6.33. The predicted octanol–water partition coefficient (Wildman–Crippen LogP) is 5.17. The Kier molecular flexibility index (Phi) is 9.29. The van der Waals surface area contributed by atoms with Crippen molar-refractivity contribution in [1.29, 1.82) is 0 Å². The standard InChI is InChI=1S/C31H28NO.BF3.FH/c1-31(2)27-18-10-11-19-28(27)32(3)30(31)20-12-17-26-21-25(23-13-6-4-7-14-23)22-29(33-26)24-15-8-5-9-16-24;2-1(3)4;/h4-22H,1-3H3;;1H/q+1;;/p-1. The Hall–Kier alpha value is -4.13. The molecule has 194 valence electrons. The number of halogens is 4. The molecule has 0 saturated heterocycles. The molecule has 7 heteroatoms. The average molecular weight is 517 g/mol. The van der Waals surface area contributed by atoms with Gasteiger partial charge in [0.05, 0.1) is 5.41 Å². The molecule has 0 amide bonds. The van der Waals surface area contributed by atoms with Crippen LogP contribution in [0.25, 0.3) is 11.3 Å². The van der Waals surface area contributed by atoms with Gasteiger partial charge in [0.25, 0.3) is 0 Å². The Balaban J connectivity index is 0.000000749. The van der Waals surface area contributed by atoms with Gasteiger partial charge in [-0.2, -0.15) is 4.58 Å². The minimum atomic E-state index is -3.67. The largest absolute Gasteiger partial charge is 1.00 e. The van der Waals surface area contributed by atoms with Gasteiger partial charge >= 0.3 is 7.54 Å². The maximum Gasteiger partial charge on any atom is 0.762 e. The van der Waals surface area contributed by atoms with E-state index in [9.17, 15) is 12.9 Å². The van der Waals surface area contributed by atoms with Crippen molar-refractivity contribution >= 4 is 30.3 Å². The van der Waals surface area contributed by atoms with Crippen LogP contribution in [0, 0.1) is 0 Å². The van der Waals surface area contributed by atoms with Gasteiger partial charge in [0.1, 0.15) is 18.6 Å². The Bertz CT molecular complexity index is 1410. The summed E-state index contributed by atoms with van der Waals surface area (Å²) in [6, 6.07) is 29.3. The number of fused-ring (bicyclic) bond motifs is 1. The van der Waals surface area contributed by atoms with Gasteiger partial charge in [0.15, 0.2) is 5.71 Å². The number of ether oxygens (including phenoxy) is 1. The molecular weight excluding hydrogens is 489 g/mol. The lowest BCUT2D eigenvalue weighted by Crippen LogP contribution is -3.00. The predicted molar refractivity (Wildman–Crippen MR) is 147 cm³/mol. The summed E-state index contributed by atoms with van der Waals surface area (Å²) in [5.41, 5.74) is 7.22. The number of nitrogens with zero attached hydrogens (tertiary/aromatic N) is 1. The molecule has 2 aliphatic heterocycles. The molecule has 0 aliphatic carbocycles. The topological polar surface area (TPSA) is 12.2 Å². The zero-order valence-electron chi connectivity index (χ0n) is 21.4. The fourth-order valence-corrected chi connectivity index (χ4v) is 4.68. The molecule has 0 bridgehead atoms. The lowest BCUT2D eigenvalue weighted by molar-refractivity contribution is -0.401. The fraction of sp³-hybridized carbons (Fsp3) is 0.129. The smallest absolute Gasteiger partial charge is 0.762 e. The summed E-state index contributed by atoms with van der Waals surface area (Å²) in [5, 5.41) is 0. The molecule has 2 nitrogen and oxygen atoms in total. The van der Waals surface area contributed by atoms with Crippen LogP contribution in [0.3, 0.4) is 0 Å². The Morgan fingerprint density at radius 2 is 1.34 bits per heavy atom. The van der Waals surface area contributed by atoms with Crippen molar-refractivity contribution < 1.29 is 27.0 Å². The third-order valence-electron chi connectivity index (χ3n) is 6.43. The molecule has 0 saturated carbocycles. The lowest BCUT2D eigenvalue weighted by atomic mass is 9.81. The first kappa shape index (κ1) is 28.4. The summed E-state index contributed by atoms with van der Waals surface area (Å²) < 4.78 is 37.6. The van der Waals surface area contributed by atoms with Crippen LogP contribution < -0.4 is 4.70 Å². The maximum absolute atomic E-state index is 9.67. The summed E-state index contributed by atoms with van der Waals surface area (Å²) in [5.74, 6) is 1.68. The van der Waals surface area contributed by atoms with Crippen molar-refractivity contribution in [2.45, 2.75) is 19.3 Å². The highest BCUT2D eigenvalue weighted by atomic mass is 19.4. The van der Waals surface area contributed by atoms with Crippen LogP contribution >= 0.6 is 0 Å². The zero-order valence-corrected chi connectivity index (χ0v) is 21.4. The molecule has 0 aromatic heterocycles. The third kappa shape index (κ3) is 6.41. The summed E-state index contributed by atoms with van der Waals surface area (Å²) in [6.07, 6.45) is 10.6. The van der Waals surface area contributed by atoms with Gasteiger partial charge in [-0.05, 0) is 43.2 Å². The molecule has 0 spiro atoms. The number of benzene rings is 3. The molecule has 2 aliphatic rings. The van der Waals surface area contributed by atoms with Crippen molar-refractivity contribution in [1.82, 2.24) is 0 Å². The first-order valence-corrected chi connectivity index (χ1v) is 12.0. The monoisotopic (exact) mass is 517 g/mol. The zero-order chi connectivity index (χ0) is 26.4. The van der Waals surface area contributed by atoms with Gasteiger partial charge < -0.3 is 9.44 Å². The summed E-state index contributed by atoms with van der Waals surface area (Å²) in [4.78, 5) is 0. The molecule has 0 N–H and O–H groups in total. The van der Waals surface area contributed by atoms with Crippen LogP contribution in [-0.2, 0) is 10.2 Å². The minimum Gasteiger partial charge on any atom is -1.00 e. The molecular formula is C31H28BF4NO. The van der Waals surface area contributed by atoms with Gasteiger partial charge in [0, 0.05) is 23.3 Å². The van der Waals surface area contributed by atoms with Crippen LogP contribution in [0.15, 0.2) is 121 Å². The number of rotatable bonds is 4. The second-order valence-corrected chi connectivity index (χ2v) is 9.20. The highest BCUT2D eigenvalue weighted by Gasteiger charge is 2.42. The molecule has 0 unspecified atom stereocenters. The fourth-order valence-electron chi connectivity index (χ4n) is 4.68. The van der Waals surface area contributed by atoms with Crippen LogP contribution in [0.4, 0.5) is 18.6 Å².